The molecule has 0 N–H and O–H groups in total. The molecule has 3 aromatic carbocycles. The van der Waals surface area contributed by atoms with E-state index in [4.69, 9.17) is 5.26 Å². The van der Waals surface area contributed by atoms with Gasteiger partial charge in [0.15, 0.2) is 0 Å². The second kappa shape index (κ2) is 8.98. The molecule has 1 amide bonds. The highest BCUT2D eigenvalue weighted by Gasteiger charge is 2.35. The summed E-state index contributed by atoms with van der Waals surface area (Å²) >= 11 is 0. The molecule has 4 heteroatoms. The van der Waals surface area contributed by atoms with Gasteiger partial charge in [0.05, 0.1) is 17.7 Å². The molecule has 0 bridgehead atoms. The summed E-state index contributed by atoms with van der Waals surface area (Å²) in [6.07, 6.45) is 3.00. The molecule has 2 aliphatic heterocycles. The van der Waals surface area contributed by atoms with E-state index in [1.54, 1.807) is 18.2 Å². The fourth-order valence-electron chi connectivity index (χ4n) is 5.29. The molecule has 160 valence electrons. The molecule has 32 heavy (non-hydrogen) atoms. The van der Waals surface area contributed by atoms with Crippen LogP contribution in [0.4, 0.5) is 0 Å². The summed E-state index contributed by atoms with van der Waals surface area (Å²) in [6.45, 7) is 2.54. The number of likely N-dealkylation sites (tertiary alicyclic amines) is 1. The largest absolute Gasteiger partial charge is 0.339 e. The number of nitriles is 1. The zero-order valence-corrected chi connectivity index (χ0v) is 18.2. The van der Waals surface area contributed by atoms with E-state index < -0.39 is 0 Å². The summed E-state index contributed by atoms with van der Waals surface area (Å²) in [5.74, 6) is 0.0316. The number of rotatable bonds is 3. The molecule has 1 atom stereocenters. The molecule has 1 fully saturated rings. The van der Waals surface area contributed by atoms with Gasteiger partial charge in [0.25, 0.3) is 5.91 Å². The fourth-order valence-corrected chi connectivity index (χ4v) is 5.29. The standard InChI is InChI=1S/C28H27N3O/c29-20-21-7-6-11-24(19-21)28(32)30-16-14-25(15-17-30)31-18-13-22-8-4-5-12-26(22)27(31)23-9-2-1-3-10-23/h1-12,19,25,27H,13-18H2. The quantitative estimate of drug-likeness (QED) is 0.610. The topological polar surface area (TPSA) is 47.3 Å². The number of benzene rings is 3. The Kier molecular flexibility index (Phi) is 5.75. The van der Waals surface area contributed by atoms with Crippen molar-refractivity contribution in [2.75, 3.05) is 19.6 Å². The summed E-state index contributed by atoms with van der Waals surface area (Å²) in [4.78, 5) is 17.6. The normalized spacial score (nSPS) is 19.2. The smallest absolute Gasteiger partial charge is 0.253 e. The Morgan fingerprint density at radius 1 is 0.875 bits per heavy atom. The van der Waals surface area contributed by atoms with Crippen LogP contribution < -0.4 is 0 Å². The van der Waals surface area contributed by atoms with Gasteiger partial charge in [-0.3, -0.25) is 9.69 Å². The molecule has 0 spiro atoms. The van der Waals surface area contributed by atoms with Crippen LogP contribution >= 0.6 is 0 Å². The highest BCUT2D eigenvalue weighted by atomic mass is 16.2. The van der Waals surface area contributed by atoms with Crippen molar-refractivity contribution in [1.29, 1.82) is 5.26 Å². The molecule has 0 aromatic heterocycles. The van der Waals surface area contributed by atoms with Crippen molar-refractivity contribution >= 4 is 5.91 Å². The van der Waals surface area contributed by atoms with Gasteiger partial charge in [-0.2, -0.15) is 5.26 Å². The van der Waals surface area contributed by atoms with Gasteiger partial charge in [-0.15, -0.1) is 0 Å². The lowest BCUT2D eigenvalue weighted by atomic mass is 9.85. The van der Waals surface area contributed by atoms with Crippen molar-refractivity contribution < 1.29 is 4.79 Å². The Labute approximate surface area is 189 Å². The lowest BCUT2D eigenvalue weighted by Gasteiger charge is -2.45. The Hall–Kier alpha value is -3.42. The first-order chi connectivity index (χ1) is 15.7. The molecule has 2 heterocycles. The summed E-state index contributed by atoms with van der Waals surface area (Å²) < 4.78 is 0. The van der Waals surface area contributed by atoms with Crippen LogP contribution in [0.25, 0.3) is 0 Å². The number of amides is 1. The Morgan fingerprint density at radius 3 is 2.41 bits per heavy atom. The molecule has 0 saturated carbocycles. The molecule has 5 rings (SSSR count). The Morgan fingerprint density at radius 2 is 1.62 bits per heavy atom. The van der Waals surface area contributed by atoms with Crippen LogP contribution in [-0.2, 0) is 6.42 Å². The van der Waals surface area contributed by atoms with Gasteiger partial charge >= 0.3 is 0 Å². The Balaban J connectivity index is 1.34. The predicted octanol–water partition coefficient (Wildman–Crippen LogP) is 4.81. The average molecular weight is 422 g/mol. The highest BCUT2D eigenvalue weighted by molar-refractivity contribution is 5.94. The van der Waals surface area contributed by atoms with Crippen LogP contribution in [0.3, 0.4) is 0 Å². The van der Waals surface area contributed by atoms with Crippen molar-refractivity contribution in [3.05, 3.63) is 107 Å². The average Bonchev–Trinajstić information content (AvgIpc) is 2.88. The number of carbonyl (C=O) groups is 1. The van der Waals surface area contributed by atoms with Crippen LogP contribution in [0.5, 0.6) is 0 Å². The molecule has 4 nitrogen and oxygen atoms in total. The first-order valence-electron chi connectivity index (χ1n) is 11.4. The number of piperidine rings is 1. The molecular weight excluding hydrogens is 394 g/mol. The highest BCUT2D eigenvalue weighted by Crippen LogP contribution is 2.38. The lowest BCUT2D eigenvalue weighted by molar-refractivity contribution is 0.0554. The van der Waals surface area contributed by atoms with Gasteiger partial charge < -0.3 is 4.90 Å². The number of hydrogen-bond acceptors (Lipinski definition) is 3. The third-order valence-electron chi connectivity index (χ3n) is 6.90. The van der Waals surface area contributed by atoms with Crippen LogP contribution in [0, 0.1) is 11.3 Å². The maximum atomic E-state index is 13.0. The van der Waals surface area contributed by atoms with Gasteiger partial charge in [-0.05, 0) is 54.2 Å². The summed E-state index contributed by atoms with van der Waals surface area (Å²) in [7, 11) is 0. The minimum atomic E-state index is 0.0316. The van der Waals surface area contributed by atoms with E-state index in [0.29, 0.717) is 17.2 Å². The third kappa shape index (κ3) is 3.92. The van der Waals surface area contributed by atoms with E-state index in [1.165, 1.54) is 16.7 Å². The molecule has 1 unspecified atom stereocenters. The number of hydrogen-bond donors (Lipinski definition) is 0. The molecule has 1 saturated heterocycles. The van der Waals surface area contributed by atoms with Crippen LogP contribution in [0.1, 0.15) is 51.5 Å². The maximum Gasteiger partial charge on any atom is 0.253 e. The zero-order valence-electron chi connectivity index (χ0n) is 18.2. The molecular formula is C28H27N3O. The van der Waals surface area contributed by atoms with E-state index in [9.17, 15) is 4.79 Å². The van der Waals surface area contributed by atoms with E-state index in [1.807, 2.05) is 11.0 Å². The van der Waals surface area contributed by atoms with Crippen molar-refractivity contribution in [1.82, 2.24) is 9.80 Å². The van der Waals surface area contributed by atoms with E-state index >= 15 is 0 Å². The maximum absolute atomic E-state index is 13.0. The van der Waals surface area contributed by atoms with E-state index in [-0.39, 0.29) is 11.9 Å². The summed E-state index contributed by atoms with van der Waals surface area (Å²) in [6, 6.07) is 29.5. The minimum absolute atomic E-state index is 0.0316. The van der Waals surface area contributed by atoms with Crippen LogP contribution in [-0.4, -0.2) is 41.4 Å². The van der Waals surface area contributed by atoms with Gasteiger partial charge in [0.2, 0.25) is 0 Å². The van der Waals surface area contributed by atoms with E-state index in [2.05, 4.69) is 65.6 Å². The van der Waals surface area contributed by atoms with Gasteiger partial charge in [-0.25, -0.2) is 0 Å². The fraction of sp³-hybridized carbons (Fsp3) is 0.286. The first kappa shape index (κ1) is 20.5. The molecule has 0 radical (unpaired) electrons. The molecule has 2 aliphatic rings. The van der Waals surface area contributed by atoms with E-state index in [0.717, 1.165) is 38.9 Å². The SMILES string of the molecule is N#Cc1cccc(C(=O)N2CCC(N3CCc4ccccc4C3c3ccccc3)CC2)c1. The second-order valence-corrected chi connectivity index (χ2v) is 8.72. The van der Waals surface area contributed by atoms with Crippen molar-refractivity contribution in [3.8, 4) is 6.07 Å². The van der Waals surface area contributed by atoms with Gasteiger partial charge in [0.1, 0.15) is 0 Å². The first-order valence-corrected chi connectivity index (χ1v) is 11.4. The minimum Gasteiger partial charge on any atom is -0.339 e. The van der Waals surface area contributed by atoms with Gasteiger partial charge in [0, 0.05) is 31.2 Å². The van der Waals surface area contributed by atoms with Crippen molar-refractivity contribution in [2.24, 2.45) is 0 Å². The Bertz CT molecular complexity index is 1140. The zero-order chi connectivity index (χ0) is 21.9. The third-order valence-corrected chi connectivity index (χ3v) is 6.90. The van der Waals surface area contributed by atoms with Crippen LogP contribution in [0.15, 0.2) is 78.9 Å². The lowest BCUT2D eigenvalue weighted by Crippen LogP contribution is -2.50. The second-order valence-electron chi connectivity index (χ2n) is 8.72. The van der Waals surface area contributed by atoms with Crippen molar-refractivity contribution in [3.63, 3.8) is 0 Å². The van der Waals surface area contributed by atoms with Gasteiger partial charge in [-0.1, -0.05) is 60.7 Å². The molecule has 3 aromatic rings. The van der Waals surface area contributed by atoms with Crippen LogP contribution in [0.2, 0.25) is 0 Å². The predicted molar refractivity (Wildman–Crippen MR) is 125 cm³/mol. The summed E-state index contributed by atoms with van der Waals surface area (Å²) in [5, 5.41) is 9.14. The summed E-state index contributed by atoms with van der Waals surface area (Å²) in [5.41, 5.74) is 5.34. The number of fused-ring (bicyclic) bond motifs is 1. The monoisotopic (exact) mass is 421 g/mol. The number of nitrogens with zero attached hydrogens (tertiary/aromatic N) is 3. The van der Waals surface area contributed by atoms with Crippen molar-refractivity contribution in [2.45, 2.75) is 31.3 Å². The molecule has 0 aliphatic carbocycles. The number of carbonyl (C=O) groups excluding carboxylic acids is 1.